The van der Waals surface area contributed by atoms with E-state index in [0.29, 0.717) is 6.54 Å². The van der Waals surface area contributed by atoms with Gasteiger partial charge in [-0.3, -0.25) is 9.48 Å². The molecule has 0 aliphatic heterocycles. The zero-order valence-electron chi connectivity index (χ0n) is 8.33. The summed E-state index contributed by atoms with van der Waals surface area (Å²) < 4.78 is 1.70. The van der Waals surface area contributed by atoms with Crippen LogP contribution >= 0.6 is 0 Å². The lowest BCUT2D eigenvalue weighted by Gasteiger charge is -2.19. The van der Waals surface area contributed by atoms with Gasteiger partial charge in [-0.1, -0.05) is 0 Å². The second-order valence-corrected chi connectivity index (χ2v) is 4.09. The van der Waals surface area contributed by atoms with E-state index < -0.39 is 12.0 Å². The third-order valence-electron chi connectivity index (χ3n) is 3.12. The van der Waals surface area contributed by atoms with Crippen molar-refractivity contribution in [2.45, 2.75) is 31.8 Å². The Morgan fingerprint density at radius 2 is 2.40 bits per heavy atom. The van der Waals surface area contributed by atoms with E-state index in [1.807, 2.05) is 0 Å². The fourth-order valence-corrected chi connectivity index (χ4v) is 1.82. The van der Waals surface area contributed by atoms with Gasteiger partial charge in [-0.2, -0.15) is 5.10 Å². The van der Waals surface area contributed by atoms with Gasteiger partial charge in [-0.05, 0) is 24.7 Å². The Morgan fingerprint density at radius 1 is 1.67 bits per heavy atom. The molecule has 3 N–H and O–H groups in total. The minimum Gasteiger partial charge on any atom is -0.480 e. The molecule has 0 aromatic carbocycles. The molecule has 1 aromatic rings. The summed E-state index contributed by atoms with van der Waals surface area (Å²) >= 11 is 0. The SMILES string of the molecule is NC(C(=O)O)C1(CCn2cncn2)CC1. The summed E-state index contributed by atoms with van der Waals surface area (Å²) in [5.74, 6) is -0.911. The molecule has 1 unspecified atom stereocenters. The van der Waals surface area contributed by atoms with E-state index in [9.17, 15) is 4.79 Å². The normalized spacial score (nSPS) is 19.8. The van der Waals surface area contributed by atoms with Gasteiger partial charge in [-0.25, -0.2) is 4.98 Å². The van der Waals surface area contributed by atoms with Gasteiger partial charge in [0.15, 0.2) is 0 Å². The van der Waals surface area contributed by atoms with Crippen LogP contribution in [0.25, 0.3) is 0 Å². The molecule has 0 spiro atoms. The molecule has 1 aromatic heterocycles. The van der Waals surface area contributed by atoms with E-state index in [1.54, 1.807) is 11.0 Å². The molecule has 0 saturated heterocycles. The first-order chi connectivity index (χ1) is 7.14. The lowest BCUT2D eigenvalue weighted by Crippen LogP contribution is -2.40. The summed E-state index contributed by atoms with van der Waals surface area (Å²) in [6.45, 7) is 0.682. The van der Waals surface area contributed by atoms with Crippen molar-refractivity contribution in [2.24, 2.45) is 11.1 Å². The zero-order valence-corrected chi connectivity index (χ0v) is 8.33. The maximum Gasteiger partial charge on any atom is 0.321 e. The molecule has 1 aliphatic carbocycles. The molecule has 15 heavy (non-hydrogen) atoms. The summed E-state index contributed by atoms with van der Waals surface area (Å²) in [6, 6.07) is -0.749. The molecule has 0 amide bonds. The Balaban J connectivity index is 1.91. The fourth-order valence-electron chi connectivity index (χ4n) is 1.82. The quantitative estimate of drug-likeness (QED) is 0.705. The highest BCUT2D eigenvalue weighted by Crippen LogP contribution is 2.51. The first-order valence-corrected chi connectivity index (χ1v) is 4.95. The monoisotopic (exact) mass is 210 g/mol. The molecule has 1 heterocycles. The van der Waals surface area contributed by atoms with Gasteiger partial charge in [0, 0.05) is 6.54 Å². The molecular weight excluding hydrogens is 196 g/mol. The van der Waals surface area contributed by atoms with Crippen molar-refractivity contribution in [3.8, 4) is 0 Å². The van der Waals surface area contributed by atoms with Crippen LogP contribution in [0.4, 0.5) is 0 Å². The number of aryl methyl sites for hydroxylation is 1. The summed E-state index contributed by atoms with van der Waals surface area (Å²) in [7, 11) is 0. The third-order valence-corrected chi connectivity index (χ3v) is 3.12. The highest BCUT2D eigenvalue weighted by Gasteiger charge is 2.50. The summed E-state index contributed by atoms with van der Waals surface area (Å²) in [5, 5.41) is 12.8. The lowest BCUT2D eigenvalue weighted by molar-refractivity contribution is -0.140. The Labute approximate surface area is 87.1 Å². The summed E-state index contributed by atoms with van der Waals surface area (Å²) in [6.07, 6.45) is 5.65. The minimum absolute atomic E-state index is 0.211. The van der Waals surface area contributed by atoms with Crippen LogP contribution in [-0.4, -0.2) is 31.9 Å². The number of hydrogen-bond acceptors (Lipinski definition) is 4. The molecule has 1 fully saturated rings. The second kappa shape index (κ2) is 3.62. The van der Waals surface area contributed by atoms with E-state index in [-0.39, 0.29) is 5.41 Å². The number of nitrogens with zero attached hydrogens (tertiary/aromatic N) is 3. The largest absolute Gasteiger partial charge is 0.480 e. The van der Waals surface area contributed by atoms with Crippen LogP contribution in [-0.2, 0) is 11.3 Å². The average molecular weight is 210 g/mol. The standard InChI is InChI=1S/C9H14N4O2/c10-7(8(14)15)9(1-2-9)3-4-13-6-11-5-12-13/h5-7H,1-4,10H2,(H,14,15). The van der Waals surface area contributed by atoms with E-state index in [2.05, 4.69) is 10.1 Å². The van der Waals surface area contributed by atoms with Crippen LogP contribution in [0.5, 0.6) is 0 Å². The number of carboxylic acids is 1. The van der Waals surface area contributed by atoms with Crippen molar-refractivity contribution in [1.29, 1.82) is 0 Å². The predicted octanol–water partition coefficient (Wildman–Crippen LogP) is -0.140. The van der Waals surface area contributed by atoms with Gasteiger partial charge in [0.25, 0.3) is 0 Å². The van der Waals surface area contributed by atoms with Crippen LogP contribution < -0.4 is 5.73 Å². The van der Waals surface area contributed by atoms with E-state index in [1.165, 1.54) is 6.33 Å². The number of aromatic nitrogens is 3. The van der Waals surface area contributed by atoms with Crippen molar-refractivity contribution in [3.63, 3.8) is 0 Å². The molecule has 0 bridgehead atoms. The molecule has 6 nitrogen and oxygen atoms in total. The van der Waals surface area contributed by atoms with Gasteiger partial charge in [0.1, 0.15) is 18.7 Å². The Morgan fingerprint density at radius 3 is 2.87 bits per heavy atom. The molecule has 0 radical (unpaired) electrons. The fraction of sp³-hybridized carbons (Fsp3) is 0.667. The molecule has 1 aliphatic rings. The molecule has 6 heteroatoms. The maximum absolute atomic E-state index is 10.8. The molecule has 82 valence electrons. The Bertz CT molecular complexity index is 345. The van der Waals surface area contributed by atoms with Crippen molar-refractivity contribution in [3.05, 3.63) is 12.7 Å². The molecule has 1 atom stereocenters. The van der Waals surface area contributed by atoms with Gasteiger partial charge in [-0.15, -0.1) is 0 Å². The lowest BCUT2D eigenvalue weighted by atomic mass is 9.93. The van der Waals surface area contributed by atoms with Gasteiger partial charge in [0.2, 0.25) is 0 Å². The topological polar surface area (TPSA) is 94.0 Å². The van der Waals surface area contributed by atoms with Crippen LogP contribution in [0.3, 0.4) is 0 Å². The van der Waals surface area contributed by atoms with Crippen molar-refractivity contribution >= 4 is 5.97 Å². The van der Waals surface area contributed by atoms with Crippen LogP contribution in [0, 0.1) is 5.41 Å². The smallest absolute Gasteiger partial charge is 0.321 e. The van der Waals surface area contributed by atoms with Crippen molar-refractivity contribution in [2.75, 3.05) is 0 Å². The Hall–Kier alpha value is -1.43. The van der Waals surface area contributed by atoms with E-state index >= 15 is 0 Å². The third kappa shape index (κ3) is 1.99. The maximum atomic E-state index is 10.8. The number of carbonyl (C=O) groups is 1. The minimum atomic E-state index is -0.911. The average Bonchev–Trinajstić information content (AvgIpc) is 2.82. The summed E-state index contributed by atoms with van der Waals surface area (Å²) in [4.78, 5) is 14.6. The van der Waals surface area contributed by atoms with Crippen molar-refractivity contribution in [1.82, 2.24) is 14.8 Å². The number of carboxylic acid groups (broad SMARTS) is 1. The zero-order chi connectivity index (χ0) is 10.9. The number of aliphatic carboxylic acids is 1. The van der Waals surface area contributed by atoms with Gasteiger partial charge in [0.05, 0.1) is 0 Å². The van der Waals surface area contributed by atoms with Crippen LogP contribution in [0.2, 0.25) is 0 Å². The molecular formula is C9H14N4O2. The van der Waals surface area contributed by atoms with E-state index in [0.717, 1.165) is 19.3 Å². The molecule has 2 rings (SSSR count). The van der Waals surface area contributed by atoms with Crippen molar-refractivity contribution < 1.29 is 9.90 Å². The number of nitrogens with two attached hydrogens (primary N) is 1. The Kier molecular flexibility index (Phi) is 2.44. The molecule has 1 saturated carbocycles. The van der Waals surface area contributed by atoms with E-state index in [4.69, 9.17) is 10.8 Å². The summed E-state index contributed by atoms with van der Waals surface area (Å²) in [5.41, 5.74) is 5.44. The van der Waals surface area contributed by atoms with Crippen LogP contribution in [0.1, 0.15) is 19.3 Å². The van der Waals surface area contributed by atoms with Crippen LogP contribution in [0.15, 0.2) is 12.7 Å². The highest BCUT2D eigenvalue weighted by molar-refractivity contribution is 5.75. The number of hydrogen-bond donors (Lipinski definition) is 2. The predicted molar refractivity (Wildman–Crippen MR) is 51.9 cm³/mol. The number of rotatable bonds is 5. The van der Waals surface area contributed by atoms with Gasteiger partial charge < -0.3 is 10.8 Å². The first kappa shape index (κ1) is 10.1. The first-order valence-electron chi connectivity index (χ1n) is 4.95. The second-order valence-electron chi connectivity index (χ2n) is 4.09. The highest BCUT2D eigenvalue weighted by atomic mass is 16.4. The van der Waals surface area contributed by atoms with Gasteiger partial charge >= 0.3 is 5.97 Å².